The average Bonchev–Trinajstić information content (AvgIpc) is 3.00. The molecule has 1 heterocycles. The summed E-state index contributed by atoms with van der Waals surface area (Å²) in [5.74, 6) is 0.920. The molecular formula is C20H16N4OS. The van der Waals surface area contributed by atoms with E-state index < -0.39 is 0 Å². The van der Waals surface area contributed by atoms with Crippen LogP contribution in [0.4, 0.5) is 0 Å². The number of rotatable bonds is 4. The van der Waals surface area contributed by atoms with E-state index >= 15 is 0 Å². The first-order valence-electron chi connectivity index (χ1n) is 8.17. The first kappa shape index (κ1) is 16.2. The average molecular weight is 360 g/mol. The minimum absolute atomic E-state index is 0.195. The number of aromatic amines is 1. The molecule has 4 aromatic rings. The van der Waals surface area contributed by atoms with Gasteiger partial charge >= 0.3 is 0 Å². The SMILES string of the molecule is Oc1cccc(C=Nn2c(Cc3cccc4ccccc34)n[nH]c2=S)c1. The van der Waals surface area contributed by atoms with Crippen LogP contribution in [0.2, 0.25) is 0 Å². The molecule has 3 aromatic carbocycles. The molecule has 6 heteroatoms. The van der Waals surface area contributed by atoms with Crippen molar-refractivity contribution in [3.63, 3.8) is 0 Å². The predicted octanol–water partition coefficient (Wildman–Crippen LogP) is 4.27. The lowest BCUT2D eigenvalue weighted by molar-refractivity contribution is 0.475. The Morgan fingerprint density at radius 1 is 1.08 bits per heavy atom. The van der Waals surface area contributed by atoms with Gasteiger partial charge in [-0.3, -0.25) is 5.10 Å². The highest BCUT2D eigenvalue weighted by molar-refractivity contribution is 7.71. The van der Waals surface area contributed by atoms with Crippen LogP contribution in [0.15, 0.2) is 71.8 Å². The molecule has 0 aliphatic carbocycles. The van der Waals surface area contributed by atoms with Crippen LogP contribution in [0.3, 0.4) is 0 Å². The van der Waals surface area contributed by atoms with E-state index in [4.69, 9.17) is 12.2 Å². The van der Waals surface area contributed by atoms with Crippen molar-refractivity contribution in [1.82, 2.24) is 14.9 Å². The maximum Gasteiger partial charge on any atom is 0.216 e. The van der Waals surface area contributed by atoms with Gasteiger partial charge in [-0.1, -0.05) is 54.6 Å². The molecule has 128 valence electrons. The molecule has 2 N–H and O–H groups in total. The van der Waals surface area contributed by atoms with E-state index in [0.717, 1.165) is 17.0 Å². The summed E-state index contributed by atoms with van der Waals surface area (Å²) >= 11 is 5.31. The minimum Gasteiger partial charge on any atom is -0.508 e. The molecule has 0 amide bonds. The van der Waals surface area contributed by atoms with Gasteiger partial charge in [0.05, 0.1) is 6.21 Å². The van der Waals surface area contributed by atoms with Gasteiger partial charge in [-0.15, -0.1) is 0 Å². The van der Waals surface area contributed by atoms with Crippen LogP contribution >= 0.6 is 12.2 Å². The second kappa shape index (κ2) is 6.93. The quantitative estimate of drug-likeness (QED) is 0.422. The van der Waals surface area contributed by atoms with Crippen molar-refractivity contribution in [3.8, 4) is 5.75 Å². The monoisotopic (exact) mass is 360 g/mol. The smallest absolute Gasteiger partial charge is 0.216 e. The Labute approximate surface area is 155 Å². The highest BCUT2D eigenvalue weighted by Gasteiger charge is 2.09. The number of nitrogens with zero attached hydrogens (tertiary/aromatic N) is 3. The molecule has 0 unspecified atom stereocenters. The van der Waals surface area contributed by atoms with Crippen LogP contribution in [-0.4, -0.2) is 26.2 Å². The third-order valence-electron chi connectivity index (χ3n) is 4.14. The number of aromatic hydroxyl groups is 1. The zero-order valence-corrected chi connectivity index (χ0v) is 14.6. The number of nitrogens with one attached hydrogen (secondary N) is 1. The zero-order valence-electron chi connectivity index (χ0n) is 13.8. The second-order valence-corrected chi connectivity index (χ2v) is 6.30. The predicted molar refractivity (Wildman–Crippen MR) is 105 cm³/mol. The number of aromatic nitrogens is 3. The Balaban J connectivity index is 1.69. The van der Waals surface area contributed by atoms with Gasteiger partial charge in [-0.2, -0.15) is 14.9 Å². The van der Waals surface area contributed by atoms with E-state index in [1.165, 1.54) is 10.8 Å². The number of benzene rings is 3. The van der Waals surface area contributed by atoms with Crippen molar-refractivity contribution < 1.29 is 5.11 Å². The largest absolute Gasteiger partial charge is 0.508 e. The molecule has 0 saturated heterocycles. The molecule has 0 aliphatic rings. The lowest BCUT2D eigenvalue weighted by Gasteiger charge is -2.06. The van der Waals surface area contributed by atoms with E-state index in [1.54, 1.807) is 29.1 Å². The Bertz CT molecular complexity index is 1150. The molecule has 26 heavy (non-hydrogen) atoms. The van der Waals surface area contributed by atoms with Crippen molar-refractivity contribution in [1.29, 1.82) is 0 Å². The lowest BCUT2D eigenvalue weighted by Crippen LogP contribution is -2.01. The molecule has 1 aromatic heterocycles. The third kappa shape index (κ3) is 3.27. The number of hydrogen-bond donors (Lipinski definition) is 2. The molecule has 4 rings (SSSR count). The summed E-state index contributed by atoms with van der Waals surface area (Å²) in [6, 6.07) is 21.4. The number of phenols is 1. The molecule has 0 spiro atoms. The fourth-order valence-corrected chi connectivity index (χ4v) is 3.10. The lowest BCUT2D eigenvalue weighted by atomic mass is 10.0. The third-order valence-corrected chi connectivity index (χ3v) is 4.40. The summed E-state index contributed by atoms with van der Waals surface area (Å²) < 4.78 is 2.04. The summed E-state index contributed by atoms with van der Waals surface area (Å²) in [6.07, 6.45) is 2.25. The van der Waals surface area contributed by atoms with Gasteiger partial charge in [0.25, 0.3) is 0 Å². The van der Waals surface area contributed by atoms with Gasteiger partial charge in [0.15, 0.2) is 5.82 Å². The fourth-order valence-electron chi connectivity index (χ4n) is 2.90. The van der Waals surface area contributed by atoms with E-state index in [2.05, 4.69) is 39.6 Å². The number of phenolic OH excluding ortho intramolecular Hbond substituents is 1. The van der Waals surface area contributed by atoms with E-state index in [-0.39, 0.29) is 5.75 Å². The van der Waals surface area contributed by atoms with Crippen LogP contribution in [0, 0.1) is 4.77 Å². The van der Waals surface area contributed by atoms with Crippen LogP contribution in [0.5, 0.6) is 5.75 Å². The first-order valence-corrected chi connectivity index (χ1v) is 8.58. The molecular weight excluding hydrogens is 344 g/mol. The van der Waals surface area contributed by atoms with Crippen LogP contribution in [0.25, 0.3) is 10.8 Å². The summed E-state index contributed by atoms with van der Waals surface area (Å²) in [6.45, 7) is 0. The zero-order chi connectivity index (χ0) is 17.9. The van der Waals surface area contributed by atoms with Crippen LogP contribution < -0.4 is 0 Å². The van der Waals surface area contributed by atoms with Crippen molar-refractivity contribution in [2.45, 2.75) is 6.42 Å². The van der Waals surface area contributed by atoms with Crippen molar-refractivity contribution >= 4 is 29.2 Å². The topological polar surface area (TPSA) is 66.2 Å². The minimum atomic E-state index is 0.195. The second-order valence-electron chi connectivity index (χ2n) is 5.91. The van der Waals surface area contributed by atoms with Gasteiger partial charge in [-0.25, -0.2) is 0 Å². The van der Waals surface area contributed by atoms with E-state index in [0.29, 0.717) is 11.2 Å². The Morgan fingerprint density at radius 2 is 1.88 bits per heavy atom. The molecule has 0 atom stereocenters. The molecule has 0 fully saturated rings. The molecule has 5 nitrogen and oxygen atoms in total. The van der Waals surface area contributed by atoms with Crippen molar-refractivity contribution in [3.05, 3.63) is 88.5 Å². The highest BCUT2D eigenvalue weighted by Crippen LogP contribution is 2.21. The Kier molecular flexibility index (Phi) is 4.33. The van der Waals surface area contributed by atoms with Crippen molar-refractivity contribution in [2.24, 2.45) is 5.10 Å². The van der Waals surface area contributed by atoms with Gasteiger partial charge in [0, 0.05) is 6.42 Å². The van der Waals surface area contributed by atoms with Gasteiger partial charge < -0.3 is 5.11 Å². The Morgan fingerprint density at radius 3 is 2.77 bits per heavy atom. The molecule has 0 radical (unpaired) electrons. The summed E-state index contributed by atoms with van der Waals surface area (Å²) in [4.78, 5) is 0. The van der Waals surface area contributed by atoms with Gasteiger partial charge in [0.2, 0.25) is 4.77 Å². The first-order chi connectivity index (χ1) is 12.7. The van der Waals surface area contributed by atoms with Crippen molar-refractivity contribution in [2.75, 3.05) is 0 Å². The standard InChI is InChI=1S/C20H16N4OS/c25-17-9-3-5-14(11-17)13-21-24-19(22-23-20(24)26)12-16-8-4-7-15-6-1-2-10-18(15)16/h1-11,13,25H,12H2,(H,23,26). The fraction of sp³-hybridized carbons (Fsp3) is 0.0500. The number of fused-ring (bicyclic) bond motifs is 1. The van der Waals surface area contributed by atoms with E-state index in [1.807, 2.05) is 24.3 Å². The maximum atomic E-state index is 9.57. The van der Waals surface area contributed by atoms with Crippen LogP contribution in [-0.2, 0) is 6.42 Å². The number of H-pyrrole nitrogens is 1. The van der Waals surface area contributed by atoms with Gasteiger partial charge in [0.1, 0.15) is 5.75 Å². The summed E-state index contributed by atoms with van der Waals surface area (Å²) in [7, 11) is 0. The molecule has 0 saturated carbocycles. The normalized spacial score (nSPS) is 11.4. The summed E-state index contributed by atoms with van der Waals surface area (Å²) in [5, 5.41) is 23.5. The van der Waals surface area contributed by atoms with Gasteiger partial charge in [-0.05, 0) is 46.2 Å². The maximum absolute atomic E-state index is 9.57. The van der Waals surface area contributed by atoms with E-state index in [9.17, 15) is 5.11 Å². The molecule has 0 bridgehead atoms. The highest BCUT2D eigenvalue weighted by atomic mass is 32.1. The number of hydrogen-bond acceptors (Lipinski definition) is 4. The Hall–Kier alpha value is -3.25. The van der Waals surface area contributed by atoms with Crippen LogP contribution in [0.1, 0.15) is 17.0 Å². The molecule has 0 aliphatic heterocycles. The summed E-state index contributed by atoms with van der Waals surface area (Å²) in [5.41, 5.74) is 1.94.